The Morgan fingerprint density at radius 1 is 1.12 bits per heavy atom. The van der Waals surface area contributed by atoms with Gasteiger partial charge < -0.3 is 5.32 Å². The summed E-state index contributed by atoms with van der Waals surface area (Å²) in [6.07, 6.45) is 3.52. The van der Waals surface area contributed by atoms with Gasteiger partial charge in [-0.05, 0) is 24.8 Å². The molecule has 0 radical (unpaired) electrons. The molecule has 3 nitrogen and oxygen atoms in total. The summed E-state index contributed by atoms with van der Waals surface area (Å²) in [6.45, 7) is 0.974. The second-order valence-corrected chi connectivity index (χ2v) is 4.45. The molecule has 0 saturated carbocycles. The molecule has 0 aliphatic rings. The van der Waals surface area contributed by atoms with Gasteiger partial charge in [-0.2, -0.15) is 0 Å². The molecule has 0 amide bonds. The lowest BCUT2D eigenvalue weighted by Crippen LogP contribution is -2.01. The standard InChI is InChI=1S/C12H15N3S/c1-2-6-11(7-3-1)8-4-5-9-13-12-15-14-10-16-12/h1-3,6-7,10H,4-5,8-9H2,(H,13,15). The van der Waals surface area contributed by atoms with Gasteiger partial charge >= 0.3 is 0 Å². The number of anilines is 1. The average Bonchev–Trinajstić information content (AvgIpc) is 2.83. The van der Waals surface area contributed by atoms with Gasteiger partial charge in [0, 0.05) is 6.54 Å². The number of benzene rings is 1. The molecular formula is C12H15N3S. The molecule has 0 unspecified atom stereocenters. The lowest BCUT2D eigenvalue weighted by molar-refractivity contribution is 0.762. The van der Waals surface area contributed by atoms with E-state index >= 15 is 0 Å². The van der Waals surface area contributed by atoms with Gasteiger partial charge in [0.25, 0.3) is 0 Å². The molecule has 16 heavy (non-hydrogen) atoms. The van der Waals surface area contributed by atoms with E-state index in [2.05, 4.69) is 45.8 Å². The third kappa shape index (κ3) is 3.62. The first-order valence-electron chi connectivity index (χ1n) is 5.49. The van der Waals surface area contributed by atoms with Crippen molar-refractivity contribution in [2.45, 2.75) is 19.3 Å². The first-order valence-corrected chi connectivity index (χ1v) is 6.37. The summed E-state index contributed by atoms with van der Waals surface area (Å²) in [6, 6.07) is 10.6. The second-order valence-electron chi connectivity index (χ2n) is 3.61. The smallest absolute Gasteiger partial charge is 0.205 e. The fourth-order valence-corrected chi connectivity index (χ4v) is 2.02. The highest BCUT2D eigenvalue weighted by atomic mass is 32.1. The van der Waals surface area contributed by atoms with Crippen LogP contribution in [0.25, 0.3) is 0 Å². The fourth-order valence-electron chi connectivity index (χ4n) is 1.54. The quantitative estimate of drug-likeness (QED) is 0.779. The molecule has 0 fully saturated rings. The van der Waals surface area contributed by atoms with Gasteiger partial charge in [0.1, 0.15) is 5.51 Å². The van der Waals surface area contributed by atoms with Gasteiger partial charge in [-0.15, -0.1) is 10.2 Å². The normalized spacial score (nSPS) is 10.2. The Kier molecular flexibility index (Phi) is 4.31. The van der Waals surface area contributed by atoms with Crippen LogP contribution >= 0.6 is 11.3 Å². The van der Waals surface area contributed by atoms with Crippen LogP contribution in [0.5, 0.6) is 0 Å². The van der Waals surface area contributed by atoms with Crippen molar-refractivity contribution in [1.29, 1.82) is 0 Å². The lowest BCUT2D eigenvalue weighted by atomic mass is 10.1. The molecule has 0 aliphatic carbocycles. The number of aryl methyl sites for hydroxylation is 1. The van der Waals surface area contributed by atoms with E-state index in [9.17, 15) is 0 Å². The van der Waals surface area contributed by atoms with E-state index in [0.717, 1.165) is 24.5 Å². The van der Waals surface area contributed by atoms with E-state index in [0.29, 0.717) is 0 Å². The molecule has 84 valence electrons. The van der Waals surface area contributed by atoms with Crippen molar-refractivity contribution >= 4 is 16.5 Å². The summed E-state index contributed by atoms with van der Waals surface area (Å²) >= 11 is 1.54. The minimum absolute atomic E-state index is 0.916. The van der Waals surface area contributed by atoms with Crippen LogP contribution in [0.1, 0.15) is 18.4 Å². The highest BCUT2D eigenvalue weighted by Crippen LogP contribution is 2.09. The number of hydrogen-bond acceptors (Lipinski definition) is 4. The van der Waals surface area contributed by atoms with Crippen molar-refractivity contribution in [2.24, 2.45) is 0 Å². The Bertz CT molecular complexity index is 386. The summed E-state index contributed by atoms with van der Waals surface area (Å²) in [4.78, 5) is 0. The summed E-state index contributed by atoms with van der Waals surface area (Å²) in [5, 5.41) is 11.9. The van der Waals surface area contributed by atoms with Crippen molar-refractivity contribution in [1.82, 2.24) is 10.2 Å². The van der Waals surface area contributed by atoms with E-state index in [4.69, 9.17) is 0 Å². The van der Waals surface area contributed by atoms with E-state index in [1.807, 2.05) is 0 Å². The highest BCUT2D eigenvalue weighted by Gasteiger charge is 1.95. The number of hydrogen-bond donors (Lipinski definition) is 1. The largest absolute Gasteiger partial charge is 0.360 e. The topological polar surface area (TPSA) is 37.8 Å². The van der Waals surface area contributed by atoms with Crippen LogP contribution in [-0.2, 0) is 6.42 Å². The van der Waals surface area contributed by atoms with Crippen molar-refractivity contribution in [2.75, 3.05) is 11.9 Å². The number of unbranched alkanes of at least 4 members (excludes halogenated alkanes) is 1. The SMILES string of the molecule is c1ccc(CCCCNc2nncs2)cc1. The zero-order valence-corrected chi connectivity index (χ0v) is 9.91. The fraction of sp³-hybridized carbons (Fsp3) is 0.333. The van der Waals surface area contributed by atoms with Gasteiger partial charge in [-0.3, -0.25) is 0 Å². The molecule has 1 heterocycles. The van der Waals surface area contributed by atoms with Crippen LogP contribution in [-0.4, -0.2) is 16.7 Å². The molecule has 0 atom stereocenters. The molecule has 0 aliphatic heterocycles. The first kappa shape index (κ1) is 11.1. The Morgan fingerprint density at radius 2 is 2.00 bits per heavy atom. The van der Waals surface area contributed by atoms with Gasteiger partial charge in [-0.25, -0.2) is 0 Å². The summed E-state index contributed by atoms with van der Waals surface area (Å²) in [5.74, 6) is 0. The molecule has 2 aromatic rings. The first-order chi connectivity index (χ1) is 7.95. The van der Waals surface area contributed by atoms with Gasteiger partial charge in [0.2, 0.25) is 5.13 Å². The molecule has 1 aromatic heterocycles. The van der Waals surface area contributed by atoms with Gasteiger partial charge in [0.05, 0.1) is 0 Å². The zero-order valence-electron chi connectivity index (χ0n) is 9.10. The monoisotopic (exact) mass is 233 g/mol. The van der Waals surface area contributed by atoms with E-state index in [1.165, 1.54) is 12.0 Å². The predicted octanol–water partition coefficient (Wildman–Crippen LogP) is 2.97. The van der Waals surface area contributed by atoms with Crippen LogP contribution in [0.4, 0.5) is 5.13 Å². The van der Waals surface area contributed by atoms with Crippen molar-refractivity contribution in [3.05, 3.63) is 41.4 Å². The molecular weight excluding hydrogens is 218 g/mol. The molecule has 0 saturated heterocycles. The van der Waals surface area contributed by atoms with E-state index in [-0.39, 0.29) is 0 Å². The third-order valence-corrected chi connectivity index (χ3v) is 3.02. The van der Waals surface area contributed by atoms with E-state index in [1.54, 1.807) is 16.8 Å². The minimum atomic E-state index is 0.916. The maximum atomic E-state index is 3.93. The third-order valence-electron chi connectivity index (χ3n) is 2.37. The maximum absolute atomic E-state index is 3.93. The molecule has 1 aromatic carbocycles. The molecule has 1 N–H and O–H groups in total. The number of rotatable bonds is 6. The van der Waals surface area contributed by atoms with Crippen LogP contribution in [0.3, 0.4) is 0 Å². The lowest BCUT2D eigenvalue weighted by Gasteiger charge is -2.02. The zero-order chi connectivity index (χ0) is 11.1. The second kappa shape index (κ2) is 6.23. The maximum Gasteiger partial charge on any atom is 0.205 e. The van der Waals surface area contributed by atoms with E-state index < -0.39 is 0 Å². The van der Waals surface area contributed by atoms with Crippen LogP contribution in [0.2, 0.25) is 0 Å². The Balaban J connectivity index is 1.59. The number of nitrogens with one attached hydrogen (secondary N) is 1. The summed E-state index contributed by atoms with van der Waals surface area (Å²) in [7, 11) is 0. The average molecular weight is 233 g/mol. The Labute approximate surface area is 99.5 Å². The minimum Gasteiger partial charge on any atom is -0.360 e. The van der Waals surface area contributed by atoms with Crippen molar-refractivity contribution in [3.63, 3.8) is 0 Å². The van der Waals surface area contributed by atoms with Crippen LogP contribution in [0.15, 0.2) is 35.8 Å². The number of nitrogens with zero attached hydrogens (tertiary/aromatic N) is 2. The van der Waals surface area contributed by atoms with Gasteiger partial charge in [-0.1, -0.05) is 41.7 Å². The highest BCUT2D eigenvalue weighted by molar-refractivity contribution is 7.13. The van der Waals surface area contributed by atoms with Crippen molar-refractivity contribution < 1.29 is 0 Å². The van der Waals surface area contributed by atoms with Crippen LogP contribution < -0.4 is 5.32 Å². The predicted molar refractivity (Wildman–Crippen MR) is 67.8 cm³/mol. The van der Waals surface area contributed by atoms with Crippen LogP contribution in [0, 0.1) is 0 Å². The molecule has 4 heteroatoms. The summed E-state index contributed by atoms with van der Waals surface area (Å²) in [5.41, 5.74) is 3.16. The molecule has 0 bridgehead atoms. The molecule has 2 rings (SSSR count). The Morgan fingerprint density at radius 3 is 2.75 bits per heavy atom. The van der Waals surface area contributed by atoms with Gasteiger partial charge in [0.15, 0.2) is 0 Å². The number of aromatic nitrogens is 2. The Hall–Kier alpha value is -1.42. The summed E-state index contributed by atoms with van der Waals surface area (Å²) < 4.78 is 0. The molecule has 0 spiro atoms. The van der Waals surface area contributed by atoms with Crippen molar-refractivity contribution in [3.8, 4) is 0 Å².